The Labute approximate surface area is 160 Å². The maximum atomic E-state index is 12.8. The minimum absolute atomic E-state index is 0. The van der Waals surface area contributed by atoms with Crippen LogP contribution >= 0.6 is 24.0 Å². The minimum Gasteiger partial charge on any atom is -0.347 e. The normalized spacial score (nSPS) is 18.2. The number of carbonyl (C=O) groups is 1. The van der Waals surface area contributed by atoms with Gasteiger partial charge in [-0.05, 0) is 38.1 Å². The van der Waals surface area contributed by atoms with Crippen LogP contribution < -0.4 is 10.6 Å². The second-order valence-electron chi connectivity index (χ2n) is 6.98. The van der Waals surface area contributed by atoms with E-state index in [4.69, 9.17) is 0 Å². The van der Waals surface area contributed by atoms with E-state index >= 15 is 0 Å². The Morgan fingerprint density at radius 1 is 1.25 bits per heavy atom. The van der Waals surface area contributed by atoms with Crippen molar-refractivity contribution in [2.45, 2.75) is 33.2 Å². The number of rotatable bonds is 3. The summed E-state index contributed by atoms with van der Waals surface area (Å²) >= 11 is 0. The van der Waals surface area contributed by atoms with Gasteiger partial charge in [0.1, 0.15) is 5.82 Å². The molecule has 1 aromatic carbocycles. The van der Waals surface area contributed by atoms with E-state index in [1.165, 1.54) is 24.3 Å². The van der Waals surface area contributed by atoms with Crippen LogP contribution in [0.15, 0.2) is 29.3 Å². The minimum atomic E-state index is -0.329. The van der Waals surface area contributed by atoms with Crippen molar-refractivity contribution in [3.8, 4) is 0 Å². The number of likely N-dealkylation sites (tertiary alicyclic amines) is 1. The lowest BCUT2D eigenvalue weighted by molar-refractivity contribution is -0.115. The Morgan fingerprint density at radius 2 is 1.83 bits per heavy atom. The Hall–Kier alpha value is -1.38. The molecule has 0 spiro atoms. The van der Waals surface area contributed by atoms with Crippen LogP contribution in [0.25, 0.3) is 0 Å². The number of amides is 1. The Bertz CT molecular complexity index is 614. The van der Waals surface area contributed by atoms with E-state index < -0.39 is 0 Å². The van der Waals surface area contributed by atoms with Gasteiger partial charge in [-0.1, -0.05) is 13.8 Å². The third-order valence-electron chi connectivity index (χ3n) is 4.89. The van der Waals surface area contributed by atoms with E-state index in [0.717, 1.165) is 6.54 Å². The zero-order valence-corrected chi connectivity index (χ0v) is 17.1. The van der Waals surface area contributed by atoms with E-state index in [0.29, 0.717) is 11.6 Å². The molecule has 0 atom stereocenters. The molecular formula is C17H26FIN4O. The van der Waals surface area contributed by atoms with E-state index in [1.54, 1.807) is 7.05 Å². The summed E-state index contributed by atoms with van der Waals surface area (Å²) in [4.78, 5) is 18.4. The molecule has 0 aliphatic carbocycles. The van der Waals surface area contributed by atoms with Crippen LogP contribution in [0.4, 0.5) is 10.1 Å². The number of hydrogen-bond acceptors (Lipinski definition) is 2. The van der Waals surface area contributed by atoms with Gasteiger partial charge in [-0.25, -0.2) is 4.39 Å². The zero-order chi connectivity index (χ0) is 17.3. The highest BCUT2D eigenvalue weighted by Gasteiger charge is 2.53. The molecule has 1 aliphatic rings. The lowest BCUT2D eigenvalue weighted by Crippen LogP contribution is -2.72. The molecule has 0 bridgehead atoms. The fraction of sp³-hybridized carbons (Fsp3) is 0.529. The number of anilines is 1. The molecule has 0 unspecified atom stereocenters. The first-order valence-corrected chi connectivity index (χ1v) is 7.71. The van der Waals surface area contributed by atoms with Gasteiger partial charge in [-0.3, -0.25) is 9.79 Å². The van der Waals surface area contributed by atoms with Gasteiger partial charge in [0.2, 0.25) is 5.91 Å². The summed E-state index contributed by atoms with van der Waals surface area (Å²) in [5.41, 5.74) is 0.738. The first-order chi connectivity index (χ1) is 10.7. The Balaban J connectivity index is 0.00000288. The predicted octanol–water partition coefficient (Wildman–Crippen LogP) is 3.08. The van der Waals surface area contributed by atoms with Crippen molar-refractivity contribution in [3.63, 3.8) is 0 Å². The summed E-state index contributed by atoms with van der Waals surface area (Å²) < 4.78 is 12.8. The molecule has 1 aliphatic heterocycles. The fourth-order valence-corrected chi connectivity index (χ4v) is 2.59. The zero-order valence-electron chi connectivity index (χ0n) is 14.8. The second-order valence-corrected chi connectivity index (χ2v) is 6.98. The van der Waals surface area contributed by atoms with Crippen LogP contribution in [-0.2, 0) is 4.79 Å². The molecule has 0 radical (unpaired) electrons. The quantitative estimate of drug-likeness (QED) is 0.425. The molecular weight excluding hydrogens is 422 g/mol. The molecule has 134 valence electrons. The SMILES string of the molecule is CN=C(NCC(=O)Nc1ccc(F)cc1)N1CC(C)(C)C1(C)C.I. The van der Waals surface area contributed by atoms with Crippen molar-refractivity contribution in [2.24, 2.45) is 10.4 Å². The average molecular weight is 448 g/mol. The van der Waals surface area contributed by atoms with Crippen molar-refractivity contribution in [1.29, 1.82) is 0 Å². The van der Waals surface area contributed by atoms with Crippen LogP contribution in [0.5, 0.6) is 0 Å². The molecule has 0 saturated carbocycles. The molecule has 2 N–H and O–H groups in total. The number of hydrogen-bond donors (Lipinski definition) is 2. The molecule has 1 aromatic rings. The highest BCUT2D eigenvalue weighted by atomic mass is 127. The van der Waals surface area contributed by atoms with Crippen LogP contribution in [0, 0.1) is 11.2 Å². The lowest BCUT2D eigenvalue weighted by Gasteiger charge is -2.62. The predicted molar refractivity (Wildman–Crippen MR) is 106 cm³/mol. The highest BCUT2D eigenvalue weighted by molar-refractivity contribution is 14.0. The summed E-state index contributed by atoms with van der Waals surface area (Å²) in [5, 5.41) is 5.80. The maximum absolute atomic E-state index is 12.8. The molecule has 5 nitrogen and oxygen atoms in total. The third kappa shape index (κ3) is 4.17. The average Bonchev–Trinajstić information content (AvgIpc) is 2.49. The van der Waals surface area contributed by atoms with E-state index in [-0.39, 0.29) is 53.2 Å². The maximum Gasteiger partial charge on any atom is 0.243 e. The standard InChI is InChI=1S/C17H25FN4O.HI/c1-16(2)11-22(17(16,3)4)15(19-5)20-10-14(23)21-13-8-6-12(18)7-9-13;/h6-9H,10-11H2,1-5H3,(H,19,20)(H,21,23);1H. The number of guanidine groups is 1. The molecule has 24 heavy (non-hydrogen) atoms. The smallest absolute Gasteiger partial charge is 0.243 e. The first kappa shape index (κ1) is 20.7. The van der Waals surface area contributed by atoms with Crippen molar-refractivity contribution in [3.05, 3.63) is 30.1 Å². The molecule has 1 heterocycles. The highest BCUT2D eigenvalue weighted by Crippen LogP contribution is 2.46. The number of halogens is 2. The lowest BCUT2D eigenvalue weighted by atomic mass is 9.65. The van der Waals surface area contributed by atoms with Crippen LogP contribution in [0.1, 0.15) is 27.7 Å². The number of benzene rings is 1. The van der Waals surface area contributed by atoms with E-state index in [1.807, 2.05) is 0 Å². The van der Waals surface area contributed by atoms with E-state index in [2.05, 4.69) is 48.2 Å². The summed E-state index contributed by atoms with van der Waals surface area (Å²) in [5.74, 6) is 0.183. The Morgan fingerprint density at radius 3 is 2.29 bits per heavy atom. The van der Waals surface area contributed by atoms with Crippen molar-refractivity contribution < 1.29 is 9.18 Å². The number of nitrogens with one attached hydrogen (secondary N) is 2. The monoisotopic (exact) mass is 448 g/mol. The molecule has 2 rings (SSSR count). The Kier molecular flexibility index (Phi) is 6.60. The summed E-state index contributed by atoms with van der Waals surface area (Å²) in [7, 11) is 1.71. The van der Waals surface area contributed by atoms with Crippen molar-refractivity contribution in [1.82, 2.24) is 10.2 Å². The third-order valence-corrected chi connectivity index (χ3v) is 4.89. The molecule has 0 aromatic heterocycles. The van der Waals surface area contributed by atoms with Gasteiger partial charge < -0.3 is 15.5 Å². The van der Waals surface area contributed by atoms with E-state index in [9.17, 15) is 9.18 Å². The van der Waals surface area contributed by atoms with Gasteiger partial charge in [-0.15, -0.1) is 24.0 Å². The molecule has 7 heteroatoms. The van der Waals surface area contributed by atoms with Crippen molar-refractivity contribution >= 4 is 41.5 Å². The van der Waals surface area contributed by atoms with Gasteiger partial charge in [0.15, 0.2) is 5.96 Å². The number of aliphatic imine (C=N–C) groups is 1. The fourth-order valence-electron chi connectivity index (χ4n) is 2.59. The van der Waals surface area contributed by atoms with Gasteiger partial charge in [0.25, 0.3) is 0 Å². The second kappa shape index (κ2) is 7.67. The van der Waals surface area contributed by atoms with Crippen LogP contribution in [0.3, 0.4) is 0 Å². The van der Waals surface area contributed by atoms with Gasteiger partial charge in [0, 0.05) is 30.2 Å². The van der Waals surface area contributed by atoms with Crippen LogP contribution in [-0.4, -0.2) is 42.4 Å². The summed E-state index contributed by atoms with van der Waals surface area (Å²) in [6.07, 6.45) is 0. The number of nitrogens with zero attached hydrogens (tertiary/aromatic N) is 2. The van der Waals surface area contributed by atoms with Gasteiger partial charge >= 0.3 is 0 Å². The summed E-state index contributed by atoms with van der Waals surface area (Å²) in [6, 6.07) is 5.69. The van der Waals surface area contributed by atoms with Crippen molar-refractivity contribution in [2.75, 3.05) is 25.5 Å². The van der Waals surface area contributed by atoms with Crippen LogP contribution in [0.2, 0.25) is 0 Å². The van der Waals surface area contributed by atoms with Gasteiger partial charge in [0.05, 0.1) is 6.54 Å². The topological polar surface area (TPSA) is 56.7 Å². The molecule has 1 saturated heterocycles. The summed E-state index contributed by atoms with van der Waals surface area (Å²) in [6.45, 7) is 9.77. The first-order valence-electron chi connectivity index (χ1n) is 7.71. The largest absolute Gasteiger partial charge is 0.347 e. The molecule has 1 fully saturated rings. The molecule has 1 amide bonds. The number of carbonyl (C=O) groups excluding carboxylic acids is 1. The van der Waals surface area contributed by atoms with Gasteiger partial charge in [-0.2, -0.15) is 0 Å².